The Balaban J connectivity index is 0.000000755. The van der Waals surface area contributed by atoms with Gasteiger partial charge in [-0.1, -0.05) is 18.5 Å². The van der Waals surface area contributed by atoms with Crippen molar-refractivity contribution in [2.45, 2.75) is 20.3 Å². The van der Waals surface area contributed by atoms with Crippen LogP contribution >= 0.6 is 22.9 Å². The van der Waals surface area contributed by atoms with Crippen LogP contribution in [0.3, 0.4) is 0 Å². The second-order valence-corrected chi connectivity index (χ2v) is 7.56. The number of rotatable bonds is 3. The second-order valence-electron chi connectivity index (χ2n) is 6.12. The summed E-state index contributed by atoms with van der Waals surface area (Å²) in [6.45, 7) is 3.80. The van der Waals surface area contributed by atoms with Crippen molar-refractivity contribution in [3.05, 3.63) is 46.9 Å². The van der Waals surface area contributed by atoms with Gasteiger partial charge >= 0.3 is 0 Å². The van der Waals surface area contributed by atoms with E-state index in [0.717, 1.165) is 21.2 Å². The molecule has 0 radical (unpaired) electrons. The molecule has 2 N–H and O–H groups in total. The largest absolute Gasteiger partial charge is 0.505 e. The predicted octanol–water partition coefficient (Wildman–Crippen LogP) is 5.58. The van der Waals surface area contributed by atoms with E-state index >= 15 is 0 Å². The lowest BCUT2D eigenvalue weighted by molar-refractivity contribution is 0.318. The number of phenolic OH excluding ortho intramolecular Hbond substituents is 1. The standard InChI is InChI=1S/C19H14ClFN2O2S.C2H6O/c1-3-12-17(24)14(21)7-15-18(12)26-19(23-15)13-6-10(20)4-9-5-11(25-2)8-22-16(9)13;1-2-3/h4-8,24H,3H2,1-2H3;3H,2H2,1H3. The van der Waals surface area contributed by atoms with Crippen molar-refractivity contribution in [2.24, 2.45) is 0 Å². The highest BCUT2D eigenvalue weighted by atomic mass is 35.5. The Kier molecular flexibility index (Phi) is 6.52. The topological polar surface area (TPSA) is 75.5 Å². The molecule has 0 saturated carbocycles. The summed E-state index contributed by atoms with van der Waals surface area (Å²) in [6, 6.07) is 6.72. The Labute approximate surface area is 176 Å². The fraction of sp³-hybridized carbons (Fsp3) is 0.238. The van der Waals surface area contributed by atoms with E-state index in [2.05, 4.69) is 9.97 Å². The van der Waals surface area contributed by atoms with Crippen LogP contribution in [0.2, 0.25) is 5.02 Å². The number of methoxy groups -OCH3 is 1. The Morgan fingerprint density at radius 2 is 1.93 bits per heavy atom. The lowest BCUT2D eigenvalue weighted by Crippen LogP contribution is -1.88. The molecule has 4 aromatic rings. The van der Waals surface area contributed by atoms with Gasteiger partial charge in [-0.15, -0.1) is 11.3 Å². The van der Waals surface area contributed by atoms with Gasteiger partial charge in [0, 0.05) is 34.2 Å². The Hall–Kier alpha value is -2.48. The van der Waals surface area contributed by atoms with Crippen molar-refractivity contribution in [3.63, 3.8) is 0 Å². The molecule has 0 bridgehead atoms. The number of hydrogen-bond donors (Lipinski definition) is 2. The monoisotopic (exact) mass is 434 g/mol. The second kappa shape index (κ2) is 8.90. The van der Waals surface area contributed by atoms with Crippen LogP contribution in [0.4, 0.5) is 4.39 Å². The lowest BCUT2D eigenvalue weighted by Gasteiger charge is -2.06. The molecule has 0 saturated heterocycles. The van der Waals surface area contributed by atoms with E-state index in [1.807, 2.05) is 19.1 Å². The van der Waals surface area contributed by atoms with Gasteiger partial charge in [-0.2, -0.15) is 0 Å². The maximum atomic E-state index is 14.0. The van der Waals surface area contributed by atoms with Gasteiger partial charge in [0.15, 0.2) is 11.6 Å². The highest BCUT2D eigenvalue weighted by Gasteiger charge is 2.18. The molecule has 8 heteroatoms. The summed E-state index contributed by atoms with van der Waals surface area (Å²) in [6.07, 6.45) is 2.14. The number of pyridine rings is 1. The minimum Gasteiger partial charge on any atom is -0.505 e. The Morgan fingerprint density at radius 3 is 2.59 bits per heavy atom. The van der Waals surface area contributed by atoms with Gasteiger partial charge in [-0.05, 0) is 31.5 Å². The van der Waals surface area contributed by atoms with E-state index in [0.29, 0.717) is 33.3 Å². The SMILES string of the molecule is CCO.CCc1c(O)c(F)cc2nc(-c3cc(Cl)cc4cc(OC)cnc34)sc12. The van der Waals surface area contributed by atoms with Crippen LogP contribution in [-0.2, 0) is 6.42 Å². The van der Waals surface area contributed by atoms with Crippen molar-refractivity contribution < 1.29 is 19.3 Å². The number of aryl methyl sites for hydroxylation is 1. The number of ether oxygens (including phenoxy) is 1. The van der Waals surface area contributed by atoms with Crippen LogP contribution in [0.5, 0.6) is 11.5 Å². The molecule has 0 aliphatic rings. The smallest absolute Gasteiger partial charge is 0.167 e. The molecule has 0 atom stereocenters. The van der Waals surface area contributed by atoms with Crippen LogP contribution in [0, 0.1) is 5.82 Å². The molecule has 0 aliphatic carbocycles. The van der Waals surface area contributed by atoms with Gasteiger partial charge in [-0.25, -0.2) is 9.37 Å². The van der Waals surface area contributed by atoms with E-state index < -0.39 is 5.82 Å². The number of aliphatic hydroxyl groups is 1. The quantitative estimate of drug-likeness (QED) is 0.440. The summed E-state index contributed by atoms with van der Waals surface area (Å²) in [5.41, 5.74) is 2.57. The molecular formula is C21H20ClFN2O3S. The van der Waals surface area contributed by atoms with Crippen molar-refractivity contribution >= 4 is 44.1 Å². The predicted molar refractivity (Wildman–Crippen MR) is 116 cm³/mol. The molecule has 5 nitrogen and oxygen atoms in total. The molecule has 2 aromatic carbocycles. The average Bonchev–Trinajstić information content (AvgIpc) is 3.11. The third-order valence-electron chi connectivity index (χ3n) is 4.25. The van der Waals surface area contributed by atoms with Crippen molar-refractivity contribution in [1.82, 2.24) is 9.97 Å². The average molecular weight is 435 g/mol. The fourth-order valence-electron chi connectivity index (χ4n) is 3.00. The van der Waals surface area contributed by atoms with Crippen LogP contribution in [-0.4, -0.2) is 33.9 Å². The summed E-state index contributed by atoms with van der Waals surface area (Å²) in [5, 5.41) is 19.6. The van der Waals surface area contributed by atoms with Gasteiger partial charge in [-0.3, -0.25) is 4.98 Å². The molecule has 0 spiro atoms. The number of aliphatic hydroxyl groups excluding tert-OH is 1. The van der Waals surface area contributed by atoms with Gasteiger partial charge < -0.3 is 14.9 Å². The van der Waals surface area contributed by atoms with Gasteiger partial charge in [0.2, 0.25) is 0 Å². The molecule has 2 aromatic heterocycles. The summed E-state index contributed by atoms with van der Waals surface area (Å²) in [5.74, 6) is -0.339. The first-order valence-electron chi connectivity index (χ1n) is 8.98. The summed E-state index contributed by atoms with van der Waals surface area (Å²) < 4.78 is 20.0. The minimum absolute atomic E-state index is 0.250. The number of halogens is 2. The normalized spacial score (nSPS) is 10.8. The van der Waals surface area contributed by atoms with Gasteiger partial charge in [0.1, 0.15) is 10.8 Å². The first-order valence-corrected chi connectivity index (χ1v) is 10.2. The first-order chi connectivity index (χ1) is 13.9. The van der Waals surface area contributed by atoms with Crippen LogP contribution in [0.25, 0.3) is 31.7 Å². The maximum absolute atomic E-state index is 14.0. The molecule has 29 heavy (non-hydrogen) atoms. The summed E-state index contributed by atoms with van der Waals surface area (Å²) in [4.78, 5) is 9.04. The molecule has 0 unspecified atom stereocenters. The number of thiazole rings is 1. The molecule has 0 aliphatic heterocycles. The highest BCUT2D eigenvalue weighted by Crippen LogP contribution is 2.40. The third kappa shape index (κ3) is 4.12. The maximum Gasteiger partial charge on any atom is 0.167 e. The van der Waals surface area contributed by atoms with Crippen molar-refractivity contribution in [3.8, 4) is 22.1 Å². The number of nitrogens with zero attached hydrogens (tertiary/aromatic N) is 2. The van der Waals surface area contributed by atoms with Crippen LogP contribution in [0.1, 0.15) is 19.4 Å². The summed E-state index contributed by atoms with van der Waals surface area (Å²) in [7, 11) is 1.58. The zero-order valence-electron chi connectivity index (χ0n) is 16.2. The Bertz CT molecular complexity index is 1180. The van der Waals surface area contributed by atoms with Crippen molar-refractivity contribution in [1.29, 1.82) is 0 Å². The number of hydrogen-bond acceptors (Lipinski definition) is 6. The first kappa shape index (κ1) is 21.2. The minimum atomic E-state index is -0.662. The molecule has 4 rings (SSSR count). The fourth-order valence-corrected chi connectivity index (χ4v) is 4.40. The zero-order chi connectivity index (χ0) is 21.1. The summed E-state index contributed by atoms with van der Waals surface area (Å²) >= 11 is 7.68. The molecule has 152 valence electrons. The molecule has 0 fully saturated rings. The Morgan fingerprint density at radius 1 is 1.21 bits per heavy atom. The number of aromatic hydroxyl groups is 1. The molecular weight excluding hydrogens is 415 g/mol. The molecule has 2 heterocycles. The highest BCUT2D eigenvalue weighted by molar-refractivity contribution is 7.22. The van der Waals surface area contributed by atoms with Crippen molar-refractivity contribution in [2.75, 3.05) is 13.7 Å². The van der Waals surface area contributed by atoms with Crippen LogP contribution in [0.15, 0.2) is 30.5 Å². The van der Waals surface area contributed by atoms with E-state index in [4.69, 9.17) is 21.4 Å². The van der Waals surface area contributed by atoms with Crippen LogP contribution < -0.4 is 4.74 Å². The third-order valence-corrected chi connectivity index (χ3v) is 5.63. The number of phenols is 1. The lowest BCUT2D eigenvalue weighted by atomic mass is 10.1. The molecule has 0 amide bonds. The van der Waals surface area contributed by atoms with E-state index in [1.165, 1.54) is 17.4 Å². The zero-order valence-corrected chi connectivity index (χ0v) is 17.7. The van der Waals surface area contributed by atoms with Gasteiger partial charge in [0.25, 0.3) is 0 Å². The van der Waals surface area contributed by atoms with E-state index in [-0.39, 0.29) is 12.4 Å². The van der Waals surface area contributed by atoms with Gasteiger partial charge in [0.05, 0.1) is 29.0 Å². The van der Waals surface area contributed by atoms with E-state index in [1.54, 1.807) is 26.3 Å². The van der Waals surface area contributed by atoms with E-state index in [9.17, 15) is 9.50 Å². The number of fused-ring (bicyclic) bond motifs is 2. The number of benzene rings is 2. The number of aromatic nitrogens is 2.